The van der Waals surface area contributed by atoms with Crippen molar-refractivity contribution in [3.05, 3.63) is 118 Å². The Labute approximate surface area is 205 Å². The molecule has 4 rings (SSSR count). The summed E-state index contributed by atoms with van der Waals surface area (Å²) in [5.74, 6) is 1.08. The van der Waals surface area contributed by atoms with Gasteiger partial charge in [-0.05, 0) is 79.1 Å². The van der Waals surface area contributed by atoms with Gasteiger partial charge in [-0.3, -0.25) is 4.99 Å². The third-order valence-electron chi connectivity index (χ3n) is 5.50. The molecule has 0 saturated heterocycles. The summed E-state index contributed by atoms with van der Waals surface area (Å²) in [7, 11) is -3.79. The molecule has 0 amide bonds. The van der Waals surface area contributed by atoms with Gasteiger partial charge in [-0.15, -0.1) is 0 Å². The Hall–Kier alpha value is -3.19. The zero-order valence-electron chi connectivity index (χ0n) is 19.0. The maximum atomic E-state index is 13.4. The number of halogens is 1. The average Bonchev–Trinajstić information content (AvgIpc) is 3.28. The number of nitrogens with zero attached hydrogens (tertiary/aromatic N) is 2. The first-order valence-electron chi connectivity index (χ1n) is 10.8. The van der Waals surface area contributed by atoms with Crippen molar-refractivity contribution in [1.29, 1.82) is 0 Å². The highest BCUT2D eigenvalue weighted by molar-refractivity contribution is 7.89. The maximum absolute atomic E-state index is 13.4. The second kappa shape index (κ2) is 10.4. The van der Waals surface area contributed by atoms with Crippen molar-refractivity contribution < 1.29 is 12.8 Å². The van der Waals surface area contributed by atoms with E-state index in [2.05, 4.69) is 11.9 Å². The minimum absolute atomic E-state index is 0.0807. The minimum Gasteiger partial charge on any atom is -0.459 e. The van der Waals surface area contributed by atoms with Crippen molar-refractivity contribution in [2.45, 2.75) is 31.8 Å². The third kappa shape index (κ3) is 5.83. The first-order valence-corrected chi connectivity index (χ1v) is 12.6. The third-order valence-corrected chi connectivity index (χ3v) is 7.56. The van der Waals surface area contributed by atoms with E-state index in [1.807, 2.05) is 55.5 Å². The van der Waals surface area contributed by atoms with Gasteiger partial charge in [0.1, 0.15) is 11.5 Å². The molecule has 5 nitrogen and oxygen atoms in total. The molecule has 0 aliphatic rings. The zero-order valence-corrected chi connectivity index (χ0v) is 20.6. The lowest BCUT2D eigenvalue weighted by atomic mass is 10.1. The van der Waals surface area contributed by atoms with E-state index in [0.29, 0.717) is 16.5 Å². The maximum Gasteiger partial charge on any atom is 0.243 e. The van der Waals surface area contributed by atoms with Crippen LogP contribution in [0.2, 0.25) is 5.02 Å². The molecule has 0 spiro atoms. The lowest BCUT2D eigenvalue weighted by Crippen LogP contribution is -2.30. The monoisotopic (exact) mass is 492 g/mol. The van der Waals surface area contributed by atoms with Crippen molar-refractivity contribution in [3.8, 4) is 0 Å². The molecule has 1 aromatic heterocycles. The largest absolute Gasteiger partial charge is 0.459 e. The Kier molecular flexibility index (Phi) is 7.32. The highest BCUT2D eigenvalue weighted by Gasteiger charge is 2.26. The van der Waals surface area contributed by atoms with E-state index in [0.717, 1.165) is 11.3 Å². The summed E-state index contributed by atoms with van der Waals surface area (Å²) in [5, 5.41) is 0.479. The summed E-state index contributed by atoms with van der Waals surface area (Å²) in [6, 6.07) is 25.2. The molecule has 0 fully saturated rings. The van der Waals surface area contributed by atoms with Crippen molar-refractivity contribution in [3.63, 3.8) is 0 Å². The minimum atomic E-state index is -3.79. The summed E-state index contributed by atoms with van der Waals surface area (Å²) >= 11 is 5.96. The number of hydrogen-bond acceptors (Lipinski definition) is 4. The molecule has 0 radical (unpaired) electrons. The summed E-state index contributed by atoms with van der Waals surface area (Å²) in [5.41, 5.74) is 4.08. The fourth-order valence-electron chi connectivity index (χ4n) is 3.44. The van der Waals surface area contributed by atoms with Crippen molar-refractivity contribution in [2.75, 3.05) is 0 Å². The van der Waals surface area contributed by atoms with Gasteiger partial charge in [0.05, 0.1) is 23.3 Å². The molecule has 0 saturated carbocycles. The van der Waals surface area contributed by atoms with Gasteiger partial charge in [0.15, 0.2) is 0 Å². The average molecular weight is 493 g/mol. The number of furan rings is 1. The lowest BCUT2D eigenvalue weighted by Gasteiger charge is -2.21. The number of rotatable bonds is 8. The molecule has 1 heterocycles. The fourth-order valence-corrected chi connectivity index (χ4v) is 4.96. The Morgan fingerprint density at radius 3 is 2.32 bits per heavy atom. The second-order valence-electron chi connectivity index (χ2n) is 8.04. The summed E-state index contributed by atoms with van der Waals surface area (Å²) < 4.78 is 34.2. The van der Waals surface area contributed by atoms with Crippen LogP contribution in [0.25, 0.3) is 0 Å². The van der Waals surface area contributed by atoms with Gasteiger partial charge in [0, 0.05) is 11.6 Å². The molecule has 0 atom stereocenters. The number of aliphatic imine (C=N–C) groups is 1. The number of sulfonamides is 1. The summed E-state index contributed by atoms with van der Waals surface area (Å²) in [6.45, 7) is 4.39. The van der Waals surface area contributed by atoms with E-state index in [9.17, 15) is 8.42 Å². The van der Waals surface area contributed by atoms with Crippen molar-refractivity contribution >= 4 is 33.5 Å². The number of benzene rings is 3. The van der Waals surface area contributed by atoms with Crippen LogP contribution < -0.4 is 0 Å². The van der Waals surface area contributed by atoms with Crippen LogP contribution >= 0.6 is 11.6 Å². The molecular weight excluding hydrogens is 468 g/mol. The smallest absolute Gasteiger partial charge is 0.243 e. The van der Waals surface area contributed by atoms with E-state index in [-0.39, 0.29) is 18.0 Å². The highest BCUT2D eigenvalue weighted by Crippen LogP contribution is 2.24. The van der Waals surface area contributed by atoms with Gasteiger partial charge < -0.3 is 4.42 Å². The number of aryl methyl sites for hydroxylation is 2. The standard InChI is InChI=1S/C27H25ClN2O3S/c1-20-8-11-24(16-21(20)2)29-17-25-12-13-26(33-25)19-30(18-22-6-4-3-5-7-22)34(31,32)27-14-9-23(28)10-15-27/h3-17H,18-19H2,1-2H3. The van der Waals surface area contributed by atoms with Gasteiger partial charge in [-0.1, -0.05) is 48.0 Å². The van der Waals surface area contributed by atoms with Crippen LogP contribution in [0.1, 0.15) is 28.2 Å². The molecule has 0 aliphatic carbocycles. The van der Waals surface area contributed by atoms with Crippen LogP contribution in [-0.4, -0.2) is 18.9 Å². The van der Waals surface area contributed by atoms with Crippen LogP contribution in [0.15, 0.2) is 99.2 Å². The van der Waals surface area contributed by atoms with Gasteiger partial charge in [0.2, 0.25) is 10.0 Å². The normalized spacial score (nSPS) is 12.0. The Morgan fingerprint density at radius 1 is 0.882 bits per heavy atom. The molecule has 4 aromatic rings. The van der Waals surface area contributed by atoms with Gasteiger partial charge in [-0.2, -0.15) is 4.31 Å². The van der Waals surface area contributed by atoms with E-state index in [1.54, 1.807) is 30.5 Å². The Balaban J connectivity index is 1.58. The van der Waals surface area contributed by atoms with E-state index < -0.39 is 10.0 Å². The molecular formula is C27H25ClN2O3S. The quantitative estimate of drug-likeness (QED) is 0.257. The van der Waals surface area contributed by atoms with E-state index in [4.69, 9.17) is 16.0 Å². The predicted molar refractivity (Wildman–Crippen MR) is 136 cm³/mol. The Morgan fingerprint density at radius 2 is 1.62 bits per heavy atom. The van der Waals surface area contributed by atoms with Crippen molar-refractivity contribution in [1.82, 2.24) is 4.31 Å². The summed E-state index contributed by atoms with van der Waals surface area (Å²) in [4.78, 5) is 4.66. The molecule has 0 aliphatic heterocycles. The molecule has 0 bridgehead atoms. The topological polar surface area (TPSA) is 62.9 Å². The van der Waals surface area contributed by atoms with Crippen LogP contribution in [0.3, 0.4) is 0 Å². The fraction of sp³-hybridized carbons (Fsp3) is 0.148. The molecule has 3 aromatic carbocycles. The molecule has 0 unspecified atom stereocenters. The lowest BCUT2D eigenvalue weighted by molar-refractivity contribution is 0.357. The van der Waals surface area contributed by atoms with Crippen LogP contribution in [0, 0.1) is 13.8 Å². The molecule has 174 valence electrons. The number of hydrogen-bond donors (Lipinski definition) is 0. The van der Waals surface area contributed by atoms with Crippen LogP contribution in [0.4, 0.5) is 5.69 Å². The molecule has 34 heavy (non-hydrogen) atoms. The summed E-state index contributed by atoms with van der Waals surface area (Å²) in [6.07, 6.45) is 1.64. The zero-order chi connectivity index (χ0) is 24.1. The van der Waals surface area contributed by atoms with Gasteiger partial charge in [-0.25, -0.2) is 8.42 Å². The molecule has 0 N–H and O–H groups in total. The Bertz CT molecular complexity index is 1400. The van der Waals surface area contributed by atoms with Crippen molar-refractivity contribution in [2.24, 2.45) is 4.99 Å². The van der Waals surface area contributed by atoms with Crippen LogP contribution in [0.5, 0.6) is 0 Å². The molecule has 7 heteroatoms. The predicted octanol–water partition coefficient (Wildman–Crippen LogP) is 6.69. The first-order chi connectivity index (χ1) is 16.3. The SMILES string of the molecule is Cc1ccc(N=Cc2ccc(CN(Cc3ccccc3)S(=O)(=O)c3ccc(Cl)cc3)o2)cc1C. The van der Waals surface area contributed by atoms with E-state index in [1.165, 1.54) is 27.6 Å². The van der Waals surface area contributed by atoms with E-state index >= 15 is 0 Å². The van der Waals surface area contributed by atoms with Gasteiger partial charge >= 0.3 is 0 Å². The highest BCUT2D eigenvalue weighted by atomic mass is 35.5. The van der Waals surface area contributed by atoms with Gasteiger partial charge in [0.25, 0.3) is 0 Å². The second-order valence-corrected chi connectivity index (χ2v) is 10.4. The first kappa shape index (κ1) is 24.0. The van der Waals surface area contributed by atoms with Crippen LogP contribution in [-0.2, 0) is 23.1 Å².